The molecule has 0 atom stereocenters. The van der Waals surface area contributed by atoms with E-state index in [9.17, 15) is 0 Å². The molecule has 0 heterocycles. The lowest BCUT2D eigenvalue weighted by Gasteiger charge is -2.19. The number of halogens is 2. The van der Waals surface area contributed by atoms with Crippen LogP contribution in [0.15, 0.2) is 12.1 Å². The van der Waals surface area contributed by atoms with Gasteiger partial charge in [-0.15, -0.1) is 0 Å². The normalized spacial score (nSPS) is 9.27. The van der Waals surface area contributed by atoms with Gasteiger partial charge in [-0.05, 0) is 0 Å². The van der Waals surface area contributed by atoms with Crippen LogP contribution in [0.25, 0.3) is 11.1 Å². The highest BCUT2D eigenvalue weighted by Crippen LogP contribution is 2.49. The maximum absolute atomic E-state index is 8.35. The number of hydrogen-bond acceptors (Lipinski definition) is 2. The zero-order chi connectivity index (χ0) is 8.43. The van der Waals surface area contributed by atoms with Crippen molar-refractivity contribution in [2.45, 2.75) is 0 Å². The molecule has 0 aliphatic heterocycles. The number of nitrogens with one attached hydrogen (secondary N) is 1. The van der Waals surface area contributed by atoms with Gasteiger partial charge in [0.15, 0.2) is 0 Å². The minimum atomic E-state index is 0.726. The molecular formula is C7H3Cl2NO. The number of fused-ring (bicyclic) bond motifs is 1. The third-order valence-corrected chi connectivity index (χ3v) is 2.25. The maximum Gasteiger partial charge on any atom is 0.231 e. The first-order chi connectivity index (χ1) is 5.22. The SMILES string of the molecule is Clc1c2ccc-2c1Cl.N=C=O. The topological polar surface area (TPSA) is 40.9 Å². The summed E-state index contributed by atoms with van der Waals surface area (Å²) in [5.74, 6) is 0. The van der Waals surface area contributed by atoms with Gasteiger partial charge in [0.25, 0.3) is 0 Å². The quantitative estimate of drug-likeness (QED) is 0.501. The highest BCUT2D eigenvalue weighted by Gasteiger charge is 2.22. The molecule has 0 aromatic heterocycles. The molecule has 0 radical (unpaired) electrons. The average molecular weight is 188 g/mol. The lowest BCUT2D eigenvalue weighted by molar-refractivity contribution is 0.563. The second kappa shape index (κ2) is 3.05. The number of isocyanates is 1. The largest absolute Gasteiger partial charge is 0.231 e. The van der Waals surface area contributed by atoms with E-state index in [4.69, 9.17) is 33.4 Å². The molecule has 0 aromatic carbocycles. The molecule has 2 nitrogen and oxygen atoms in total. The Hall–Kier alpha value is -0.820. The Morgan fingerprint density at radius 2 is 1.45 bits per heavy atom. The molecule has 4 heteroatoms. The Morgan fingerprint density at radius 1 is 1.18 bits per heavy atom. The van der Waals surface area contributed by atoms with Gasteiger partial charge in [0.1, 0.15) is 0 Å². The summed E-state index contributed by atoms with van der Waals surface area (Å²) < 4.78 is 0. The van der Waals surface area contributed by atoms with Crippen molar-refractivity contribution in [1.29, 1.82) is 5.41 Å². The summed E-state index contributed by atoms with van der Waals surface area (Å²) in [6, 6.07) is 3.92. The highest BCUT2D eigenvalue weighted by atomic mass is 35.5. The Bertz CT molecular complexity index is 302. The van der Waals surface area contributed by atoms with Crippen LogP contribution in [0.2, 0.25) is 10.0 Å². The Morgan fingerprint density at radius 3 is 1.55 bits per heavy atom. The molecule has 2 aliphatic carbocycles. The summed E-state index contributed by atoms with van der Waals surface area (Å²) in [7, 11) is 0. The lowest BCUT2D eigenvalue weighted by Crippen LogP contribution is -1.93. The number of benzene rings is 1. The fourth-order valence-electron chi connectivity index (χ4n) is 0.807. The molecule has 0 saturated carbocycles. The molecule has 0 bridgehead atoms. The highest BCUT2D eigenvalue weighted by molar-refractivity contribution is 6.49. The van der Waals surface area contributed by atoms with Crippen molar-refractivity contribution in [3.63, 3.8) is 0 Å². The van der Waals surface area contributed by atoms with Crippen LogP contribution in [0.1, 0.15) is 0 Å². The van der Waals surface area contributed by atoms with Gasteiger partial charge < -0.3 is 0 Å². The predicted molar refractivity (Wildman–Crippen MR) is 43.9 cm³/mol. The van der Waals surface area contributed by atoms with Crippen molar-refractivity contribution in [2.24, 2.45) is 0 Å². The fraction of sp³-hybridized carbons (Fsp3) is 0. The molecule has 0 saturated heterocycles. The monoisotopic (exact) mass is 187 g/mol. The van der Waals surface area contributed by atoms with Crippen LogP contribution in [0.3, 0.4) is 0 Å². The Kier molecular flexibility index (Phi) is 2.30. The Labute approximate surface area is 73.2 Å². The van der Waals surface area contributed by atoms with E-state index in [0.29, 0.717) is 0 Å². The third-order valence-electron chi connectivity index (χ3n) is 1.37. The van der Waals surface area contributed by atoms with Crippen LogP contribution in [-0.4, -0.2) is 6.08 Å². The lowest BCUT2D eigenvalue weighted by atomic mass is 9.94. The molecule has 11 heavy (non-hydrogen) atoms. The van der Waals surface area contributed by atoms with Gasteiger partial charge in [0.05, 0.1) is 10.0 Å². The van der Waals surface area contributed by atoms with Crippen molar-refractivity contribution < 1.29 is 4.79 Å². The van der Waals surface area contributed by atoms with Crippen LogP contribution >= 0.6 is 23.2 Å². The van der Waals surface area contributed by atoms with Crippen LogP contribution < -0.4 is 0 Å². The summed E-state index contributed by atoms with van der Waals surface area (Å²) in [5.41, 5.74) is 2.24. The molecule has 1 N–H and O–H groups in total. The Balaban J connectivity index is 0.000000179. The number of hydrogen-bond donors (Lipinski definition) is 1. The summed E-state index contributed by atoms with van der Waals surface area (Å²) in [6.45, 7) is 0. The molecule has 0 unspecified atom stereocenters. The second-order valence-corrected chi connectivity index (χ2v) is 2.65. The maximum atomic E-state index is 8.35. The molecule has 0 amide bonds. The standard InChI is InChI=1S/C6H2Cl2.CHNO/c7-5-3-1-2-4(3)6(5)8;2-1-3/h1-2H;2H. The van der Waals surface area contributed by atoms with E-state index in [-0.39, 0.29) is 0 Å². The van der Waals surface area contributed by atoms with Gasteiger partial charge >= 0.3 is 0 Å². The van der Waals surface area contributed by atoms with Crippen molar-refractivity contribution in [1.82, 2.24) is 0 Å². The van der Waals surface area contributed by atoms with Crippen molar-refractivity contribution >= 4 is 29.3 Å². The molecule has 56 valence electrons. The summed E-state index contributed by atoms with van der Waals surface area (Å²) in [5, 5.41) is 6.85. The average Bonchev–Trinajstić information content (AvgIpc) is 1.87. The first kappa shape index (κ1) is 8.28. The first-order valence-electron chi connectivity index (χ1n) is 2.74. The van der Waals surface area contributed by atoms with E-state index in [1.165, 1.54) is 0 Å². The zero-order valence-electron chi connectivity index (χ0n) is 5.32. The van der Waals surface area contributed by atoms with E-state index in [2.05, 4.69) is 0 Å². The van der Waals surface area contributed by atoms with E-state index < -0.39 is 0 Å². The van der Waals surface area contributed by atoms with Crippen LogP contribution in [0.5, 0.6) is 0 Å². The predicted octanol–water partition coefficient (Wildman–Crippen LogP) is 2.87. The van der Waals surface area contributed by atoms with Gasteiger partial charge in [0.2, 0.25) is 6.08 Å². The summed E-state index contributed by atoms with van der Waals surface area (Å²) in [6.07, 6.45) is 0.750. The molecule has 0 spiro atoms. The minimum Gasteiger partial charge on any atom is -0.222 e. The van der Waals surface area contributed by atoms with Crippen LogP contribution in [0.4, 0.5) is 0 Å². The van der Waals surface area contributed by atoms with Gasteiger partial charge in [-0.3, -0.25) is 0 Å². The minimum absolute atomic E-state index is 0.726. The number of rotatable bonds is 0. The van der Waals surface area contributed by atoms with E-state index in [0.717, 1.165) is 27.3 Å². The summed E-state index contributed by atoms with van der Waals surface area (Å²) in [4.78, 5) is 8.35. The molecule has 2 rings (SSSR count). The third kappa shape index (κ3) is 1.16. The zero-order valence-corrected chi connectivity index (χ0v) is 6.83. The van der Waals surface area contributed by atoms with Crippen molar-refractivity contribution in [3.8, 4) is 11.1 Å². The molecule has 2 aliphatic rings. The molecular weight excluding hydrogens is 185 g/mol. The fourth-order valence-corrected chi connectivity index (χ4v) is 1.34. The second-order valence-electron chi connectivity index (χ2n) is 1.89. The van der Waals surface area contributed by atoms with Crippen molar-refractivity contribution in [3.05, 3.63) is 22.2 Å². The van der Waals surface area contributed by atoms with Crippen LogP contribution in [0, 0.1) is 5.41 Å². The van der Waals surface area contributed by atoms with Crippen molar-refractivity contribution in [2.75, 3.05) is 0 Å². The van der Waals surface area contributed by atoms with Gasteiger partial charge in [-0.2, -0.15) is 0 Å². The smallest absolute Gasteiger partial charge is 0.222 e. The van der Waals surface area contributed by atoms with Gasteiger partial charge in [-0.25, -0.2) is 10.2 Å². The summed E-state index contributed by atoms with van der Waals surface area (Å²) >= 11 is 11.3. The number of carbonyl (C=O) groups excluding carboxylic acids is 1. The first-order valence-corrected chi connectivity index (χ1v) is 3.50. The van der Waals surface area contributed by atoms with E-state index >= 15 is 0 Å². The van der Waals surface area contributed by atoms with E-state index in [1.807, 2.05) is 12.1 Å². The van der Waals surface area contributed by atoms with Gasteiger partial charge in [-0.1, -0.05) is 35.3 Å². The van der Waals surface area contributed by atoms with Gasteiger partial charge in [0, 0.05) is 11.1 Å². The molecule has 0 aromatic rings. The molecule has 0 fully saturated rings. The van der Waals surface area contributed by atoms with E-state index in [1.54, 1.807) is 0 Å². The van der Waals surface area contributed by atoms with Crippen LogP contribution in [-0.2, 0) is 4.79 Å².